The molecule has 0 aliphatic carbocycles. The molecule has 0 atom stereocenters. The van der Waals surface area contributed by atoms with Gasteiger partial charge in [0.1, 0.15) is 0 Å². The van der Waals surface area contributed by atoms with Gasteiger partial charge in [-0.1, -0.05) is 64.5 Å². The van der Waals surface area contributed by atoms with Crippen LogP contribution in [-0.4, -0.2) is 30.1 Å². The molecule has 124 valence electrons. The standard InChI is InChI=1S/C17H37ClN.BrH/c1-4-7-10-12-15-19(17-18,14-9-6-3)16-13-11-8-5-2;/h4-17H2,1-3H3;1H/q+1;/p-1. The molecule has 0 rings (SSSR count). The topological polar surface area (TPSA) is 0 Å². The van der Waals surface area contributed by atoms with E-state index in [1.54, 1.807) is 0 Å². The Balaban J connectivity index is 0. The molecule has 0 aromatic rings. The van der Waals surface area contributed by atoms with Crippen molar-refractivity contribution in [3.63, 3.8) is 0 Å². The number of rotatable bonds is 14. The van der Waals surface area contributed by atoms with Gasteiger partial charge in [0, 0.05) is 0 Å². The predicted molar refractivity (Wildman–Crippen MR) is 88.8 cm³/mol. The number of halogens is 2. The first kappa shape index (κ1) is 23.0. The molecule has 0 heterocycles. The van der Waals surface area contributed by atoms with Gasteiger partial charge < -0.3 is 21.5 Å². The number of hydrogen-bond acceptors (Lipinski definition) is 0. The second-order valence-corrected chi connectivity index (χ2v) is 6.35. The summed E-state index contributed by atoms with van der Waals surface area (Å²) in [6.45, 7) is 10.7. The normalized spacial score (nSPS) is 11.4. The maximum absolute atomic E-state index is 6.36. The summed E-state index contributed by atoms with van der Waals surface area (Å²) in [5.74, 6) is 0. The summed E-state index contributed by atoms with van der Waals surface area (Å²) in [5.41, 5.74) is 0. The molecule has 0 aliphatic rings. The van der Waals surface area contributed by atoms with E-state index in [2.05, 4.69) is 20.8 Å². The highest BCUT2D eigenvalue weighted by Gasteiger charge is 2.24. The van der Waals surface area contributed by atoms with Gasteiger partial charge in [-0.2, -0.15) is 0 Å². The Morgan fingerprint density at radius 3 is 1.35 bits per heavy atom. The van der Waals surface area contributed by atoms with E-state index in [-0.39, 0.29) is 17.0 Å². The van der Waals surface area contributed by atoms with E-state index in [4.69, 9.17) is 11.6 Å². The molecule has 0 radical (unpaired) electrons. The molecule has 0 unspecified atom stereocenters. The van der Waals surface area contributed by atoms with Crippen molar-refractivity contribution in [1.82, 2.24) is 0 Å². The van der Waals surface area contributed by atoms with Crippen molar-refractivity contribution >= 4 is 11.6 Å². The van der Waals surface area contributed by atoms with Crippen LogP contribution in [0, 0.1) is 0 Å². The van der Waals surface area contributed by atoms with E-state index in [9.17, 15) is 0 Å². The van der Waals surface area contributed by atoms with Gasteiger partial charge >= 0.3 is 0 Å². The fourth-order valence-corrected chi connectivity index (χ4v) is 3.11. The van der Waals surface area contributed by atoms with Crippen molar-refractivity contribution in [3.8, 4) is 0 Å². The van der Waals surface area contributed by atoms with Gasteiger partial charge in [-0.05, 0) is 32.1 Å². The molecule has 3 heteroatoms. The summed E-state index contributed by atoms with van der Waals surface area (Å²) in [5, 5.41) is 0. The van der Waals surface area contributed by atoms with E-state index in [0.717, 1.165) is 6.00 Å². The lowest BCUT2D eigenvalue weighted by atomic mass is 10.1. The van der Waals surface area contributed by atoms with E-state index in [1.807, 2.05) is 0 Å². The maximum atomic E-state index is 6.36. The Hall–Kier alpha value is 0.730. The molecule has 0 bridgehead atoms. The van der Waals surface area contributed by atoms with Crippen LogP contribution in [0.4, 0.5) is 0 Å². The Morgan fingerprint density at radius 1 is 0.600 bits per heavy atom. The lowest BCUT2D eigenvalue weighted by molar-refractivity contribution is -0.918. The fourth-order valence-electron chi connectivity index (χ4n) is 2.76. The quantitative estimate of drug-likeness (QED) is 0.191. The molecule has 0 saturated carbocycles. The predicted octanol–water partition coefficient (Wildman–Crippen LogP) is 2.96. The minimum atomic E-state index is 0. The van der Waals surface area contributed by atoms with Crippen LogP contribution in [0.2, 0.25) is 0 Å². The van der Waals surface area contributed by atoms with Crippen LogP contribution in [0.25, 0.3) is 0 Å². The summed E-state index contributed by atoms with van der Waals surface area (Å²) < 4.78 is 1.17. The number of hydrogen-bond donors (Lipinski definition) is 0. The molecule has 0 spiro atoms. The SMILES string of the molecule is CCCCCC[N+](CCl)(CCCC)CCCCCC.[Br-]. The first-order chi connectivity index (χ1) is 9.24. The lowest BCUT2D eigenvalue weighted by Crippen LogP contribution is -3.00. The summed E-state index contributed by atoms with van der Waals surface area (Å²) in [4.78, 5) is 0. The highest BCUT2D eigenvalue weighted by molar-refractivity contribution is 6.16. The van der Waals surface area contributed by atoms with Crippen LogP contribution in [0.1, 0.15) is 85.0 Å². The van der Waals surface area contributed by atoms with Crippen LogP contribution in [0.5, 0.6) is 0 Å². The van der Waals surface area contributed by atoms with Crippen LogP contribution >= 0.6 is 11.6 Å². The first-order valence-corrected chi connectivity index (χ1v) is 9.19. The second kappa shape index (κ2) is 16.1. The maximum Gasteiger partial charge on any atom is 0.154 e. The number of alkyl halides is 1. The second-order valence-electron chi connectivity index (χ2n) is 6.11. The van der Waals surface area contributed by atoms with Crippen molar-refractivity contribution < 1.29 is 21.5 Å². The van der Waals surface area contributed by atoms with E-state index < -0.39 is 0 Å². The van der Waals surface area contributed by atoms with Crippen molar-refractivity contribution in [2.45, 2.75) is 85.0 Å². The molecular formula is C17H37BrClN. The van der Waals surface area contributed by atoms with Gasteiger partial charge in [0.05, 0.1) is 19.6 Å². The third-order valence-electron chi connectivity index (χ3n) is 4.21. The molecule has 0 fully saturated rings. The molecule has 0 aromatic carbocycles. The average molecular weight is 371 g/mol. The van der Waals surface area contributed by atoms with E-state index in [1.165, 1.54) is 88.3 Å². The molecule has 0 aromatic heterocycles. The molecule has 0 amide bonds. The fraction of sp³-hybridized carbons (Fsp3) is 1.00. The first-order valence-electron chi connectivity index (χ1n) is 8.65. The van der Waals surface area contributed by atoms with Crippen molar-refractivity contribution in [2.75, 3.05) is 25.6 Å². The van der Waals surface area contributed by atoms with E-state index in [0.29, 0.717) is 0 Å². The lowest BCUT2D eigenvalue weighted by Gasteiger charge is -2.37. The van der Waals surface area contributed by atoms with Crippen molar-refractivity contribution in [3.05, 3.63) is 0 Å². The average Bonchev–Trinajstić information content (AvgIpc) is 2.45. The third-order valence-corrected chi connectivity index (χ3v) is 4.72. The van der Waals surface area contributed by atoms with Crippen LogP contribution < -0.4 is 17.0 Å². The molecule has 20 heavy (non-hydrogen) atoms. The van der Waals surface area contributed by atoms with Gasteiger partial charge in [0.25, 0.3) is 0 Å². The molecule has 0 N–H and O–H groups in total. The monoisotopic (exact) mass is 369 g/mol. The van der Waals surface area contributed by atoms with Crippen LogP contribution in [-0.2, 0) is 0 Å². The summed E-state index contributed by atoms with van der Waals surface area (Å²) >= 11 is 6.36. The van der Waals surface area contributed by atoms with Gasteiger partial charge in [-0.15, -0.1) is 0 Å². The number of unbranched alkanes of at least 4 members (excludes halogenated alkanes) is 7. The minimum absolute atomic E-state index is 0. The van der Waals surface area contributed by atoms with Gasteiger partial charge in [-0.25, -0.2) is 0 Å². The largest absolute Gasteiger partial charge is 1.00 e. The third kappa shape index (κ3) is 11.4. The zero-order chi connectivity index (χ0) is 14.4. The molecule has 0 saturated heterocycles. The smallest absolute Gasteiger partial charge is 0.154 e. The number of nitrogens with zero attached hydrogens (tertiary/aromatic N) is 1. The van der Waals surface area contributed by atoms with Crippen LogP contribution in [0.3, 0.4) is 0 Å². The summed E-state index contributed by atoms with van der Waals surface area (Å²) in [6.07, 6.45) is 13.5. The molecule has 0 aliphatic heterocycles. The molecular weight excluding hydrogens is 334 g/mol. The Labute approximate surface area is 143 Å². The highest BCUT2D eigenvalue weighted by atomic mass is 79.9. The Kier molecular flexibility index (Phi) is 18.5. The Morgan fingerprint density at radius 2 is 1.00 bits per heavy atom. The zero-order valence-electron chi connectivity index (χ0n) is 14.1. The van der Waals surface area contributed by atoms with Crippen LogP contribution in [0.15, 0.2) is 0 Å². The van der Waals surface area contributed by atoms with Gasteiger partial charge in [0.15, 0.2) is 6.00 Å². The zero-order valence-corrected chi connectivity index (χ0v) is 16.4. The van der Waals surface area contributed by atoms with Gasteiger partial charge in [0.2, 0.25) is 0 Å². The Bertz CT molecular complexity index is 176. The van der Waals surface area contributed by atoms with Crippen molar-refractivity contribution in [2.24, 2.45) is 0 Å². The highest BCUT2D eigenvalue weighted by Crippen LogP contribution is 2.17. The summed E-state index contributed by atoms with van der Waals surface area (Å²) in [7, 11) is 0. The minimum Gasteiger partial charge on any atom is -1.00 e. The number of quaternary nitrogens is 1. The van der Waals surface area contributed by atoms with E-state index >= 15 is 0 Å². The van der Waals surface area contributed by atoms with Crippen molar-refractivity contribution in [1.29, 1.82) is 0 Å². The molecule has 1 nitrogen and oxygen atoms in total. The summed E-state index contributed by atoms with van der Waals surface area (Å²) in [6, 6.07) is 0.818. The van der Waals surface area contributed by atoms with Gasteiger partial charge in [-0.3, -0.25) is 0 Å².